The van der Waals surface area contributed by atoms with Crippen LogP contribution >= 0.6 is 11.6 Å². The second kappa shape index (κ2) is 9.40. The Kier molecular flexibility index (Phi) is 9.36. The van der Waals surface area contributed by atoms with E-state index in [0.29, 0.717) is 5.76 Å². The monoisotopic (exact) mass is 404 g/mol. The van der Waals surface area contributed by atoms with Gasteiger partial charge in [0.2, 0.25) is 10.0 Å². The third kappa shape index (κ3) is 6.04. The number of nitrogens with one attached hydrogen (secondary N) is 1. The first-order chi connectivity index (χ1) is 9.79. The first-order valence-electron chi connectivity index (χ1n) is 5.65. The molecule has 11 heteroatoms. The van der Waals surface area contributed by atoms with Crippen molar-refractivity contribution >= 4 is 33.3 Å². The van der Waals surface area contributed by atoms with Crippen molar-refractivity contribution in [1.29, 1.82) is 0 Å². The van der Waals surface area contributed by atoms with Gasteiger partial charge < -0.3 is 27.2 Å². The van der Waals surface area contributed by atoms with Crippen molar-refractivity contribution < 1.29 is 86.5 Å². The van der Waals surface area contributed by atoms with Gasteiger partial charge in [-0.3, -0.25) is 0 Å². The van der Waals surface area contributed by atoms with Crippen LogP contribution in [0.3, 0.4) is 0 Å². The van der Waals surface area contributed by atoms with E-state index < -0.39 is 20.9 Å². The molecule has 0 atom stereocenters. The van der Waals surface area contributed by atoms with Gasteiger partial charge in [-0.25, -0.2) is 18.4 Å². The third-order valence-electron chi connectivity index (χ3n) is 2.64. The van der Waals surface area contributed by atoms with Crippen LogP contribution in [0.2, 0.25) is 5.02 Å². The van der Waals surface area contributed by atoms with E-state index in [4.69, 9.17) is 26.3 Å². The van der Waals surface area contributed by atoms with Gasteiger partial charge in [-0.2, -0.15) is 0 Å². The molecule has 2 aromatic rings. The normalized spacial score (nSPS) is 10.3. The number of furan rings is 1. The molecule has 0 aliphatic carbocycles. The number of sulfonamides is 1. The number of carboxylic acid groups (broad SMARTS) is 1. The molecule has 7 nitrogen and oxygen atoms in total. The van der Waals surface area contributed by atoms with Gasteiger partial charge in [-0.1, -0.05) is 11.6 Å². The molecule has 120 valence electrons. The number of nitrogens with two attached hydrogens (primary N) is 1. The molecule has 4 N–H and O–H groups in total. The maximum Gasteiger partial charge on any atom is 1.00 e. The van der Waals surface area contributed by atoms with Crippen molar-refractivity contribution in [3.8, 4) is 0 Å². The first kappa shape index (κ1) is 22.9. The van der Waals surface area contributed by atoms with Gasteiger partial charge in [0.25, 0.3) is 0 Å². The Morgan fingerprint density at radius 2 is 2.04 bits per heavy atom. The van der Waals surface area contributed by atoms with Gasteiger partial charge in [-0.05, 0) is 24.3 Å². The van der Waals surface area contributed by atoms with Crippen LogP contribution in [0.5, 0.6) is 0 Å². The van der Waals surface area contributed by atoms with Crippen LogP contribution < -0.4 is 74.2 Å². The molecule has 0 fully saturated rings. The minimum absolute atomic E-state index is 0. The Balaban J connectivity index is 0.00000242. The van der Waals surface area contributed by atoms with Gasteiger partial charge in [0.15, 0.2) is 0 Å². The van der Waals surface area contributed by atoms with E-state index in [-0.39, 0.29) is 86.6 Å². The summed E-state index contributed by atoms with van der Waals surface area (Å²) in [4.78, 5) is 10.8. The Hall–Kier alpha value is -0.104. The summed E-state index contributed by atoms with van der Waals surface area (Å²) in [7, 11) is -4.11. The van der Waals surface area contributed by atoms with Gasteiger partial charge in [0, 0.05) is 0 Å². The van der Waals surface area contributed by atoms with E-state index in [1.165, 1.54) is 12.3 Å². The second-order valence-corrected chi connectivity index (χ2v) is 6.05. The zero-order valence-electron chi connectivity index (χ0n) is 11.9. The van der Waals surface area contributed by atoms with E-state index in [2.05, 4.69) is 5.32 Å². The molecule has 1 aromatic heterocycles. The molecule has 23 heavy (non-hydrogen) atoms. The summed E-state index contributed by atoms with van der Waals surface area (Å²) in [5, 5.41) is 16.8. The standard InChI is InChI=1S/C12H11ClN2O5S.ClH.K/c13-9-5-10(15-6-7-2-1-3-20-7)8(12(16)17)4-11(9)21(14,18)19;;/h1-5,15H,6H2,(H,16,17)(H2,14,18,19);1H;/q;;+1/p-1. The molecule has 1 heterocycles. The van der Waals surface area contributed by atoms with E-state index in [1.54, 1.807) is 12.1 Å². The number of benzene rings is 1. The average Bonchev–Trinajstić information content (AvgIpc) is 2.87. The van der Waals surface area contributed by atoms with E-state index >= 15 is 0 Å². The Morgan fingerprint density at radius 3 is 2.52 bits per heavy atom. The van der Waals surface area contributed by atoms with Crippen LogP contribution in [-0.2, 0) is 16.6 Å². The van der Waals surface area contributed by atoms with Crippen molar-refractivity contribution in [2.75, 3.05) is 5.32 Å². The van der Waals surface area contributed by atoms with Gasteiger partial charge >= 0.3 is 57.4 Å². The van der Waals surface area contributed by atoms with E-state index in [1.807, 2.05) is 0 Å². The van der Waals surface area contributed by atoms with Crippen molar-refractivity contribution in [2.45, 2.75) is 11.4 Å². The molecule has 1 aromatic carbocycles. The predicted molar refractivity (Wildman–Crippen MR) is 75.8 cm³/mol. The molecule has 0 bridgehead atoms. The molecule has 0 amide bonds. The fraction of sp³-hybridized carbons (Fsp3) is 0.0833. The van der Waals surface area contributed by atoms with Crippen LogP contribution in [0.15, 0.2) is 39.8 Å². The summed E-state index contributed by atoms with van der Waals surface area (Å²) in [5.74, 6) is -0.725. The quantitative estimate of drug-likeness (QED) is 0.435. The number of aromatic carboxylic acids is 1. The summed E-state index contributed by atoms with van der Waals surface area (Å²) in [5.41, 5.74) is -0.0914. The van der Waals surface area contributed by atoms with E-state index in [0.717, 1.165) is 6.07 Å². The zero-order chi connectivity index (χ0) is 15.6. The number of halogens is 2. The number of primary sulfonamides is 1. The van der Waals surface area contributed by atoms with Crippen LogP contribution in [0.1, 0.15) is 16.1 Å². The zero-order valence-corrected chi connectivity index (χ0v) is 17.4. The van der Waals surface area contributed by atoms with Gasteiger partial charge in [0.1, 0.15) is 10.7 Å². The van der Waals surface area contributed by atoms with Gasteiger partial charge in [-0.15, -0.1) is 0 Å². The van der Waals surface area contributed by atoms with Crippen molar-refractivity contribution in [1.82, 2.24) is 0 Å². The molecule has 0 saturated carbocycles. The third-order valence-corrected chi connectivity index (χ3v) is 4.02. The molecule has 2 rings (SSSR count). The maximum atomic E-state index is 11.3. The van der Waals surface area contributed by atoms with Crippen molar-refractivity contribution in [3.63, 3.8) is 0 Å². The topological polar surface area (TPSA) is 123 Å². The maximum absolute atomic E-state index is 11.3. The molecule has 0 saturated heterocycles. The fourth-order valence-electron chi connectivity index (χ4n) is 1.69. The molecular weight excluding hydrogens is 394 g/mol. The average molecular weight is 405 g/mol. The van der Waals surface area contributed by atoms with Crippen molar-refractivity contribution in [2.24, 2.45) is 5.14 Å². The summed E-state index contributed by atoms with van der Waals surface area (Å²) in [6.45, 7) is 0.221. The van der Waals surface area contributed by atoms with Gasteiger partial charge in [0.05, 0.1) is 29.1 Å². The number of hydrogen-bond donors (Lipinski definition) is 3. The summed E-state index contributed by atoms with van der Waals surface area (Å²) >= 11 is 5.84. The number of hydrogen-bond acceptors (Lipinski definition) is 5. The predicted octanol–water partition coefficient (Wildman–Crippen LogP) is -4.10. The first-order valence-corrected chi connectivity index (χ1v) is 7.57. The van der Waals surface area contributed by atoms with Crippen LogP contribution in [-0.4, -0.2) is 19.5 Å². The largest absolute Gasteiger partial charge is 1.00 e. The Bertz CT molecular complexity index is 781. The molecule has 0 spiro atoms. The number of rotatable bonds is 5. The Labute approximate surface area is 186 Å². The summed E-state index contributed by atoms with van der Waals surface area (Å²) in [6.07, 6.45) is 1.48. The Morgan fingerprint density at radius 1 is 1.39 bits per heavy atom. The van der Waals surface area contributed by atoms with E-state index in [9.17, 15) is 13.2 Å². The fourth-order valence-corrected chi connectivity index (χ4v) is 2.79. The number of anilines is 1. The smallest absolute Gasteiger partial charge is 1.00 e. The van der Waals surface area contributed by atoms with Crippen molar-refractivity contribution in [3.05, 3.63) is 46.9 Å². The molecule has 0 radical (unpaired) electrons. The molecular formula is C12H11Cl2KN2O5S. The number of carbonyl (C=O) groups is 1. The molecule has 0 unspecified atom stereocenters. The molecule has 0 aliphatic rings. The summed E-state index contributed by atoms with van der Waals surface area (Å²) < 4.78 is 27.8. The summed E-state index contributed by atoms with van der Waals surface area (Å²) in [6, 6.07) is 5.51. The van der Waals surface area contributed by atoms with Crippen LogP contribution in [0.4, 0.5) is 5.69 Å². The minimum atomic E-state index is -4.11. The minimum Gasteiger partial charge on any atom is -1.00 e. The van der Waals surface area contributed by atoms with Crippen LogP contribution in [0.25, 0.3) is 0 Å². The second-order valence-electron chi connectivity index (χ2n) is 4.11. The number of carboxylic acids is 1. The molecule has 0 aliphatic heterocycles. The van der Waals surface area contributed by atoms with Crippen LogP contribution in [0, 0.1) is 0 Å². The SMILES string of the molecule is NS(=O)(=O)c1cc(C(=O)O)c(NCc2ccco2)cc1Cl.[Cl-].[K+].